The maximum Gasteiger partial charge on any atom is 0.305 e. The lowest BCUT2D eigenvalue weighted by molar-refractivity contribution is -0.143. The minimum absolute atomic E-state index is 0.0254. The summed E-state index contributed by atoms with van der Waals surface area (Å²) >= 11 is 0. The van der Waals surface area contributed by atoms with Crippen LogP contribution in [-0.2, 0) is 14.3 Å². The Morgan fingerprint density at radius 2 is 0.807 bits per heavy atom. The molecule has 57 heavy (non-hydrogen) atoms. The van der Waals surface area contributed by atoms with Crippen LogP contribution in [-0.4, -0.2) is 47.4 Å². The van der Waals surface area contributed by atoms with Crippen LogP contribution < -0.4 is 5.32 Å². The van der Waals surface area contributed by atoms with Gasteiger partial charge in [0.1, 0.15) is 0 Å². The molecule has 0 radical (unpaired) electrons. The van der Waals surface area contributed by atoms with E-state index in [2.05, 4.69) is 19.2 Å². The van der Waals surface area contributed by atoms with Crippen LogP contribution in [0.4, 0.5) is 0 Å². The molecule has 1 amide bonds. The van der Waals surface area contributed by atoms with Crippen LogP contribution in [0.25, 0.3) is 0 Å². The molecule has 2 unspecified atom stereocenters. The van der Waals surface area contributed by atoms with Gasteiger partial charge in [0, 0.05) is 12.8 Å². The van der Waals surface area contributed by atoms with Crippen LogP contribution in [0.5, 0.6) is 0 Å². The summed E-state index contributed by atoms with van der Waals surface area (Å²) in [6.45, 7) is 4.85. The molecule has 0 saturated carbocycles. The number of amides is 1. The second kappa shape index (κ2) is 47.3. The van der Waals surface area contributed by atoms with Crippen LogP contribution in [0.2, 0.25) is 0 Å². The molecule has 0 bridgehead atoms. The van der Waals surface area contributed by atoms with E-state index in [1.54, 1.807) is 6.08 Å². The van der Waals surface area contributed by atoms with Gasteiger partial charge in [-0.2, -0.15) is 0 Å². The Hall–Kier alpha value is -1.40. The topological polar surface area (TPSA) is 95.9 Å². The molecule has 0 spiro atoms. The third kappa shape index (κ3) is 44.0. The van der Waals surface area contributed by atoms with Crippen LogP contribution in [0.15, 0.2) is 12.2 Å². The highest BCUT2D eigenvalue weighted by Crippen LogP contribution is 2.16. The molecule has 6 heteroatoms. The first-order chi connectivity index (χ1) is 28.0. The highest BCUT2D eigenvalue weighted by Gasteiger charge is 2.18. The largest absolute Gasteiger partial charge is 0.466 e. The van der Waals surface area contributed by atoms with Gasteiger partial charge in [-0.25, -0.2) is 0 Å². The third-order valence-electron chi connectivity index (χ3n) is 11.8. The monoisotopic (exact) mass is 806 g/mol. The zero-order valence-corrected chi connectivity index (χ0v) is 38.3. The lowest BCUT2D eigenvalue weighted by Gasteiger charge is -2.20. The Labute approximate surface area is 355 Å². The van der Waals surface area contributed by atoms with Crippen molar-refractivity contribution in [2.45, 2.75) is 289 Å². The average Bonchev–Trinajstić information content (AvgIpc) is 3.21. The Bertz CT molecular complexity index is 847. The summed E-state index contributed by atoms with van der Waals surface area (Å²) in [5.41, 5.74) is 0. The summed E-state index contributed by atoms with van der Waals surface area (Å²) < 4.78 is 5.44. The summed E-state index contributed by atoms with van der Waals surface area (Å²) in [6, 6.07) is -0.646. The van der Waals surface area contributed by atoms with Gasteiger partial charge in [-0.1, -0.05) is 244 Å². The van der Waals surface area contributed by atoms with Gasteiger partial charge in [0.05, 0.1) is 25.4 Å². The molecular formula is C51H99NO5. The maximum absolute atomic E-state index is 12.4. The lowest BCUT2D eigenvalue weighted by atomic mass is 10.0. The second-order valence-electron chi connectivity index (χ2n) is 17.5. The average molecular weight is 806 g/mol. The quantitative estimate of drug-likeness (QED) is 0.0323. The molecule has 0 aliphatic carbocycles. The van der Waals surface area contributed by atoms with Crippen LogP contribution in [0, 0.1) is 0 Å². The number of aliphatic hydroxyl groups is 2. The Morgan fingerprint density at radius 3 is 1.19 bits per heavy atom. The van der Waals surface area contributed by atoms with Gasteiger partial charge in [0.2, 0.25) is 5.91 Å². The molecule has 0 saturated heterocycles. The zero-order valence-electron chi connectivity index (χ0n) is 38.3. The van der Waals surface area contributed by atoms with Crippen molar-refractivity contribution in [1.29, 1.82) is 0 Å². The lowest BCUT2D eigenvalue weighted by Crippen LogP contribution is -2.45. The third-order valence-corrected chi connectivity index (χ3v) is 11.8. The van der Waals surface area contributed by atoms with Gasteiger partial charge in [0.15, 0.2) is 0 Å². The minimum atomic E-state index is -0.860. The highest BCUT2D eigenvalue weighted by atomic mass is 16.5. The molecule has 0 heterocycles. The van der Waals surface area contributed by atoms with Gasteiger partial charge in [-0.15, -0.1) is 0 Å². The van der Waals surface area contributed by atoms with Gasteiger partial charge in [-0.05, 0) is 32.1 Å². The van der Waals surface area contributed by atoms with E-state index in [1.165, 1.54) is 193 Å². The number of esters is 1. The number of allylic oxidation sites excluding steroid dienone is 1. The van der Waals surface area contributed by atoms with Crippen LogP contribution in [0.1, 0.15) is 277 Å². The molecule has 338 valence electrons. The van der Waals surface area contributed by atoms with Crippen molar-refractivity contribution >= 4 is 11.9 Å². The Kier molecular flexibility index (Phi) is 46.1. The van der Waals surface area contributed by atoms with Gasteiger partial charge >= 0.3 is 5.97 Å². The summed E-state index contributed by atoms with van der Waals surface area (Å²) in [4.78, 5) is 24.4. The minimum Gasteiger partial charge on any atom is -0.466 e. The fourth-order valence-electron chi connectivity index (χ4n) is 7.87. The number of hydrogen-bond acceptors (Lipinski definition) is 5. The maximum atomic E-state index is 12.4. The van der Waals surface area contributed by atoms with Gasteiger partial charge in [-0.3, -0.25) is 9.59 Å². The van der Waals surface area contributed by atoms with Crippen LogP contribution in [0.3, 0.4) is 0 Å². The van der Waals surface area contributed by atoms with Crippen molar-refractivity contribution < 1.29 is 24.5 Å². The van der Waals surface area contributed by atoms with Crippen molar-refractivity contribution in [2.24, 2.45) is 0 Å². The van der Waals surface area contributed by atoms with E-state index in [1.807, 2.05) is 6.08 Å². The molecule has 0 fully saturated rings. The standard InChI is InChI=1S/C51H99NO5/c1-3-5-7-9-11-13-15-17-18-19-20-21-23-24-27-31-35-39-43-49(54)48(47-53)52-50(55)44-40-36-32-28-26-30-34-38-42-46-57-51(56)45-41-37-33-29-25-22-16-14-12-10-8-6-4-2/h39,43,48-49,53-54H,3-38,40-42,44-47H2,1-2H3,(H,52,55)/b43-39+. The molecule has 0 rings (SSSR count). The first-order valence-electron chi connectivity index (χ1n) is 25.5. The van der Waals surface area contributed by atoms with Gasteiger partial charge in [0.25, 0.3) is 0 Å². The van der Waals surface area contributed by atoms with E-state index >= 15 is 0 Å². The number of ether oxygens (including phenoxy) is 1. The van der Waals surface area contributed by atoms with E-state index in [-0.39, 0.29) is 18.5 Å². The normalized spacial score (nSPS) is 12.7. The van der Waals surface area contributed by atoms with Crippen molar-refractivity contribution in [3.05, 3.63) is 12.2 Å². The smallest absolute Gasteiger partial charge is 0.305 e. The van der Waals surface area contributed by atoms with E-state index in [0.717, 1.165) is 57.8 Å². The van der Waals surface area contributed by atoms with E-state index in [4.69, 9.17) is 4.74 Å². The molecule has 2 atom stereocenters. The number of carbonyl (C=O) groups is 2. The zero-order chi connectivity index (χ0) is 41.5. The van der Waals surface area contributed by atoms with E-state index in [0.29, 0.717) is 19.4 Å². The van der Waals surface area contributed by atoms with Crippen molar-refractivity contribution in [3.8, 4) is 0 Å². The Balaban J connectivity index is 3.52. The number of unbranched alkanes of at least 4 members (excludes halogenated alkanes) is 36. The number of carbonyl (C=O) groups excluding carboxylic acids is 2. The number of nitrogens with one attached hydrogen (secondary N) is 1. The van der Waals surface area contributed by atoms with Crippen molar-refractivity contribution in [1.82, 2.24) is 5.32 Å². The molecule has 3 N–H and O–H groups in total. The fraction of sp³-hybridized carbons (Fsp3) is 0.922. The van der Waals surface area contributed by atoms with Gasteiger partial charge < -0.3 is 20.3 Å². The number of rotatable bonds is 47. The molecule has 0 aliphatic heterocycles. The molecule has 0 aromatic carbocycles. The second-order valence-corrected chi connectivity index (χ2v) is 17.5. The first kappa shape index (κ1) is 55.6. The fourth-order valence-corrected chi connectivity index (χ4v) is 7.87. The van der Waals surface area contributed by atoms with Crippen molar-refractivity contribution in [3.63, 3.8) is 0 Å². The van der Waals surface area contributed by atoms with Crippen LogP contribution >= 0.6 is 0 Å². The van der Waals surface area contributed by atoms with Crippen molar-refractivity contribution in [2.75, 3.05) is 13.2 Å². The molecule has 0 aliphatic rings. The first-order valence-corrected chi connectivity index (χ1v) is 25.5. The highest BCUT2D eigenvalue weighted by molar-refractivity contribution is 5.76. The SMILES string of the molecule is CCCCCCCCCCCCCCCCCC/C=C/C(O)C(CO)NC(=O)CCCCCCCCCCCOC(=O)CCCCCCCCCCCCCCC. The molecule has 6 nitrogen and oxygen atoms in total. The van der Waals surface area contributed by atoms with E-state index in [9.17, 15) is 19.8 Å². The summed E-state index contributed by atoms with van der Waals surface area (Å²) in [6.07, 6.45) is 53.5. The summed E-state index contributed by atoms with van der Waals surface area (Å²) in [5.74, 6) is -0.119. The van der Waals surface area contributed by atoms with E-state index < -0.39 is 12.1 Å². The molecule has 0 aromatic rings. The predicted molar refractivity (Wildman–Crippen MR) is 246 cm³/mol. The molecule has 0 aromatic heterocycles. The molecular weight excluding hydrogens is 707 g/mol. The predicted octanol–water partition coefficient (Wildman–Crippen LogP) is 15.0. The summed E-state index contributed by atoms with van der Waals surface area (Å²) in [5, 5.41) is 23.1. The number of aliphatic hydroxyl groups excluding tert-OH is 2. The summed E-state index contributed by atoms with van der Waals surface area (Å²) in [7, 11) is 0. The Morgan fingerprint density at radius 1 is 0.474 bits per heavy atom. The number of hydrogen-bond donors (Lipinski definition) is 3.